The molecule has 1 unspecified atom stereocenters. The number of sulfone groups is 1. The van der Waals surface area contributed by atoms with Crippen LogP contribution in [0.1, 0.15) is 6.92 Å². The molecule has 9 heteroatoms. The number of carbonyl (C=O) groups excluding carboxylic acids is 1. The number of halogens is 3. The Morgan fingerprint density at radius 2 is 1.52 bits per heavy atom. The topological polar surface area (TPSA) is 83.5 Å². The Labute approximate surface area is 142 Å². The summed E-state index contributed by atoms with van der Waals surface area (Å²) in [5.74, 6) is -1.78. The number of aliphatic hydroxyl groups is 1. The van der Waals surface area contributed by atoms with E-state index >= 15 is 0 Å². The van der Waals surface area contributed by atoms with Gasteiger partial charge in [0.15, 0.2) is 0 Å². The molecule has 5 nitrogen and oxygen atoms in total. The van der Waals surface area contributed by atoms with Crippen LogP contribution in [0, 0.1) is 0 Å². The van der Waals surface area contributed by atoms with Gasteiger partial charge < -0.3 is 10.4 Å². The van der Waals surface area contributed by atoms with Gasteiger partial charge in [-0.25, -0.2) is 8.42 Å². The van der Waals surface area contributed by atoms with Crippen molar-refractivity contribution in [1.29, 1.82) is 0 Å². The maximum absolute atomic E-state index is 12.8. The molecule has 0 spiro atoms. The van der Waals surface area contributed by atoms with Crippen LogP contribution in [0.3, 0.4) is 0 Å². The Morgan fingerprint density at radius 3 is 2.08 bits per heavy atom. The van der Waals surface area contributed by atoms with Gasteiger partial charge in [-0.15, -0.1) is 0 Å². The van der Waals surface area contributed by atoms with Crippen molar-refractivity contribution in [2.45, 2.75) is 28.5 Å². The molecule has 0 saturated carbocycles. The number of hydrogen-bond acceptors (Lipinski definition) is 4. The number of alkyl halides is 3. The van der Waals surface area contributed by atoms with Crippen LogP contribution in [-0.4, -0.2) is 31.2 Å². The molecule has 2 aromatic carbocycles. The lowest BCUT2D eigenvalue weighted by molar-refractivity contribution is -0.242. The van der Waals surface area contributed by atoms with Gasteiger partial charge >= 0.3 is 6.18 Å². The van der Waals surface area contributed by atoms with E-state index in [0.29, 0.717) is 0 Å². The third kappa shape index (κ3) is 3.67. The van der Waals surface area contributed by atoms with E-state index in [2.05, 4.69) is 0 Å². The molecule has 0 aromatic heterocycles. The third-order valence-electron chi connectivity index (χ3n) is 3.47. The molecule has 25 heavy (non-hydrogen) atoms. The van der Waals surface area contributed by atoms with Crippen molar-refractivity contribution in [1.82, 2.24) is 0 Å². The van der Waals surface area contributed by atoms with E-state index in [-0.39, 0.29) is 22.4 Å². The highest BCUT2D eigenvalue weighted by molar-refractivity contribution is 7.91. The fourth-order valence-electron chi connectivity index (χ4n) is 1.90. The predicted molar refractivity (Wildman–Crippen MR) is 83.6 cm³/mol. The first-order valence-electron chi connectivity index (χ1n) is 6.97. The lowest BCUT2D eigenvalue weighted by atomic mass is 10.1. The van der Waals surface area contributed by atoms with Crippen molar-refractivity contribution >= 4 is 21.4 Å². The molecule has 2 aromatic rings. The number of para-hydroxylation sites is 1. The van der Waals surface area contributed by atoms with Crippen LogP contribution in [-0.2, 0) is 14.6 Å². The highest BCUT2D eigenvalue weighted by Crippen LogP contribution is 2.33. The maximum atomic E-state index is 12.8. The minimum absolute atomic E-state index is 0.0840. The number of benzene rings is 2. The Balaban J connectivity index is 2.45. The maximum Gasteiger partial charge on any atom is 0.426 e. The number of anilines is 1. The van der Waals surface area contributed by atoms with E-state index in [1.807, 2.05) is 5.32 Å². The fourth-order valence-corrected chi connectivity index (χ4v) is 3.34. The Bertz CT molecular complexity index is 878. The number of carbonyl (C=O) groups is 1. The molecule has 0 radical (unpaired) electrons. The first-order valence-corrected chi connectivity index (χ1v) is 8.46. The van der Waals surface area contributed by atoms with Crippen LogP contribution in [0.15, 0.2) is 64.4 Å². The monoisotopic (exact) mass is 373 g/mol. The molecule has 2 N–H and O–H groups in total. The van der Waals surface area contributed by atoms with E-state index < -0.39 is 27.5 Å². The summed E-state index contributed by atoms with van der Waals surface area (Å²) in [6.45, 7) is 0.288. The second-order valence-corrected chi connectivity index (χ2v) is 7.25. The van der Waals surface area contributed by atoms with Crippen molar-refractivity contribution < 1.29 is 31.5 Å². The molecule has 1 amide bonds. The van der Waals surface area contributed by atoms with Gasteiger partial charge in [0.1, 0.15) is 0 Å². The van der Waals surface area contributed by atoms with Crippen molar-refractivity contribution in [2.24, 2.45) is 0 Å². The van der Waals surface area contributed by atoms with Crippen LogP contribution < -0.4 is 5.32 Å². The standard InChI is InChI=1S/C16H14F3NO4S/c1-15(22,16(17,18)19)14(21)20-12-9-5-6-10-13(12)25(23,24)11-7-3-2-4-8-11/h2-10,22H,1H3,(H,20,21). The van der Waals surface area contributed by atoms with Crippen LogP contribution in [0.4, 0.5) is 18.9 Å². The molecule has 0 aliphatic carbocycles. The molecule has 0 aliphatic rings. The van der Waals surface area contributed by atoms with Gasteiger partial charge in [-0.2, -0.15) is 13.2 Å². The van der Waals surface area contributed by atoms with E-state index in [4.69, 9.17) is 0 Å². The SMILES string of the molecule is CC(O)(C(=O)Nc1ccccc1S(=O)(=O)c1ccccc1)C(F)(F)F. The summed E-state index contributed by atoms with van der Waals surface area (Å²) in [5.41, 5.74) is -4.03. The molecule has 2 rings (SSSR count). The molecule has 1 atom stereocenters. The van der Waals surface area contributed by atoms with Crippen molar-refractivity contribution in [3.05, 3.63) is 54.6 Å². The first kappa shape index (κ1) is 18.9. The highest BCUT2D eigenvalue weighted by Gasteiger charge is 2.55. The van der Waals surface area contributed by atoms with Gasteiger partial charge in [0, 0.05) is 0 Å². The second-order valence-electron chi connectivity index (χ2n) is 5.34. The normalized spacial score (nSPS) is 14.6. The Hall–Kier alpha value is -2.39. The number of amides is 1. The van der Waals surface area contributed by atoms with E-state index in [9.17, 15) is 31.5 Å². The van der Waals surface area contributed by atoms with Crippen LogP contribution in [0.25, 0.3) is 0 Å². The highest BCUT2D eigenvalue weighted by atomic mass is 32.2. The second kappa shape index (κ2) is 6.49. The molecule has 0 bridgehead atoms. The van der Waals surface area contributed by atoms with Crippen molar-refractivity contribution in [2.75, 3.05) is 5.32 Å². The Kier molecular flexibility index (Phi) is 4.92. The number of nitrogens with one attached hydrogen (secondary N) is 1. The summed E-state index contributed by atoms with van der Waals surface area (Å²) < 4.78 is 63.6. The summed E-state index contributed by atoms with van der Waals surface area (Å²) in [5, 5.41) is 11.3. The van der Waals surface area contributed by atoms with Crippen molar-refractivity contribution in [3.63, 3.8) is 0 Å². The van der Waals surface area contributed by atoms with Gasteiger partial charge in [0.2, 0.25) is 15.4 Å². The average Bonchev–Trinajstić information content (AvgIpc) is 2.55. The van der Waals surface area contributed by atoms with Gasteiger partial charge in [-0.1, -0.05) is 30.3 Å². The summed E-state index contributed by atoms with van der Waals surface area (Å²) in [7, 11) is -4.07. The van der Waals surface area contributed by atoms with E-state index in [0.717, 1.165) is 12.1 Å². The average molecular weight is 373 g/mol. The van der Waals surface area contributed by atoms with E-state index in [1.54, 1.807) is 6.07 Å². The summed E-state index contributed by atoms with van der Waals surface area (Å²) in [6, 6.07) is 12.2. The molecule has 0 heterocycles. The van der Waals surface area contributed by atoms with Crippen LogP contribution >= 0.6 is 0 Å². The predicted octanol–water partition coefficient (Wildman–Crippen LogP) is 2.77. The molecule has 0 aliphatic heterocycles. The largest absolute Gasteiger partial charge is 0.426 e. The minimum atomic E-state index is -5.22. The number of rotatable bonds is 4. The summed E-state index contributed by atoms with van der Waals surface area (Å²) in [6.07, 6.45) is -5.22. The molecule has 0 saturated heterocycles. The quantitative estimate of drug-likeness (QED) is 0.863. The van der Waals surface area contributed by atoms with Crippen LogP contribution in [0.5, 0.6) is 0 Å². The number of hydrogen-bond donors (Lipinski definition) is 2. The lowest BCUT2D eigenvalue weighted by Crippen LogP contribution is -2.52. The Morgan fingerprint density at radius 1 is 1.00 bits per heavy atom. The summed E-state index contributed by atoms with van der Waals surface area (Å²) >= 11 is 0. The zero-order valence-corrected chi connectivity index (χ0v) is 13.7. The van der Waals surface area contributed by atoms with Gasteiger partial charge in [0.25, 0.3) is 5.91 Å². The first-order chi connectivity index (χ1) is 11.5. The van der Waals surface area contributed by atoms with Gasteiger partial charge in [-0.3, -0.25) is 4.79 Å². The zero-order chi connectivity index (χ0) is 18.9. The van der Waals surface area contributed by atoms with Crippen molar-refractivity contribution in [3.8, 4) is 0 Å². The van der Waals surface area contributed by atoms with Gasteiger partial charge in [-0.05, 0) is 31.2 Å². The van der Waals surface area contributed by atoms with Gasteiger partial charge in [0.05, 0.1) is 15.5 Å². The molecular weight excluding hydrogens is 359 g/mol. The smallest absolute Gasteiger partial charge is 0.373 e. The summed E-state index contributed by atoms with van der Waals surface area (Å²) in [4.78, 5) is 11.4. The fraction of sp³-hybridized carbons (Fsp3) is 0.188. The molecule has 134 valence electrons. The molecular formula is C16H14F3NO4S. The van der Waals surface area contributed by atoms with Crippen LogP contribution in [0.2, 0.25) is 0 Å². The van der Waals surface area contributed by atoms with E-state index in [1.165, 1.54) is 36.4 Å². The molecule has 0 fully saturated rings. The minimum Gasteiger partial charge on any atom is -0.373 e. The third-order valence-corrected chi connectivity index (χ3v) is 5.30. The lowest BCUT2D eigenvalue weighted by Gasteiger charge is -2.25. The zero-order valence-electron chi connectivity index (χ0n) is 12.9.